The van der Waals surface area contributed by atoms with E-state index >= 15 is 0 Å². The third-order valence-electron chi connectivity index (χ3n) is 3.67. The molecule has 0 saturated carbocycles. The minimum Gasteiger partial charge on any atom is -0.357 e. The number of aromatic nitrogens is 1. The SMILES string of the molecule is C(=CC1CN2CCC1CC2)c1ccno1. The Labute approximate surface area is 89.7 Å². The van der Waals surface area contributed by atoms with Gasteiger partial charge < -0.3 is 9.42 Å². The third kappa shape index (κ3) is 1.84. The molecule has 4 heterocycles. The quantitative estimate of drug-likeness (QED) is 0.738. The lowest BCUT2D eigenvalue weighted by atomic mass is 9.79. The summed E-state index contributed by atoms with van der Waals surface area (Å²) < 4.78 is 5.05. The van der Waals surface area contributed by atoms with Crippen molar-refractivity contribution < 1.29 is 4.52 Å². The zero-order chi connectivity index (χ0) is 10.1. The average molecular weight is 204 g/mol. The molecule has 1 atom stereocenters. The molecule has 3 aliphatic rings. The maximum absolute atomic E-state index is 5.05. The van der Waals surface area contributed by atoms with Crippen LogP contribution in [0.2, 0.25) is 0 Å². The first kappa shape index (κ1) is 9.16. The molecule has 0 N–H and O–H groups in total. The van der Waals surface area contributed by atoms with Crippen molar-refractivity contribution >= 4 is 6.08 Å². The molecule has 4 rings (SSSR count). The van der Waals surface area contributed by atoms with Crippen LogP contribution in [0.1, 0.15) is 18.6 Å². The Morgan fingerprint density at radius 3 is 2.87 bits per heavy atom. The van der Waals surface area contributed by atoms with Gasteiger partial charge in [0.15, 0.2) is 5.76 Å². The normalized spacial score (nSPS) is 35.1. The Morgan fingerprint density at radius 1 is 1.40 bits per heavy atom. The number of hydrogen-bond acceptors (Lipinski definition) is 3. The van der Waals surface area contributed by atoms with Gasteiger partial charge >= 0.3 is 0 Å². The van der Waals surface area contributed by atoms with Gasteiger partial charge in [0.25, 0.3) is 0 Å². The van der Waals surface area contributed by atoms with Gasteiger partial charge in [-0.15, -0.1) is 0 Å². The predicted octanol–water partition coefficient (Wildman–Crippen LogP) is 2.03. The summed E-state index contributed by atoms with van der Waals surface area (Å²) in [5, 5.41) is 3.70. The van der Waals surface area contributed by atoms with Crippen molar-refractivity contribution in [3.8, 4) is 0 Å². The van der Waals surface area contributed by atoms with Crippen LogP contribution < -0.4 is 0 Å². The van der Waals surface area contributed by atoms with E-state index in [0.717, 1.165) is 17.6 Å². The van der Waals surface area contributed by atoms with Crippen LogP contribution in [0.5, 0.6) is 0 Å². The first-order chi connectivity index (χ1) is 7.42. The second-order valence-corrected chi connectivity index (χ2v) is 4.58. The summed E-state index contributed by atoms with van der Waals surface area (Å²) in [6.45, 7) is 3.84. The second kappa shape index (κ2) is 3.81. The lowest BCUT2D eigenvalue weighted by Gasteiger charge is -2.43. The van der Waals surface area contributed by atoms with E-state index in [1.165, 1.54) is 32.5 Å². The van der Waals surface area contributed by atoms with Crippen LogP contribution in [0.25, 0.3) is 6.08 Å². The van der Waals surface area contributed by atoms with Crippen LogP contribution in [-0.4, -0.2) is 29.7 Å². The van der Waals surface area contributed by atoms with Gasteiger partial charge in [-0.2, -0.15) is 0 Å². The van der Waals surface area contributed by atoms with E-state index in [9.17, 15) is 0 Å². The minimum absolute atomic E-state index is 0.720. The standard InChI is InChI=1S/C12H16N2O/c1(2-12-3-6-13-15-12)11-9-14-7-4-10(11)5-8-14/h1-3,6,10-11H,4-5,7-9H2. The highest BCUT2D eigenvalue weighted by Gasteiger charge is 2.32. The van der Waals surface area contributed by atoms with Gasteiger partial charge in [-0.3, -0.25) is 0 Å². The number of fused-ring (bicyclic) bond motifs is 3. The zero-order valence-electron chi connectivity index (χ0n) is 8.80. The van der Waals surface area contributed by atoms with Crippen molar-refractivity contribution in [1.82, 2.24) is 10.1 Å². The summed E-state index contributed by atoms with van der Waals surface area (Å²) in [6.07, 6.45) is 8.79. The van der Waals surface area contributed by atoms with Crippen LogP contribution in [0.15, 0.2) is 22.9 Å². The van der Waals surface area contributed by atoms with Gasteiger partial charge in [0.1, 0.15) is 0 Å². The Morgan fingerprint density at radius 2 is 2.27 bits per heavy atom. The fourth-order valence-electron chi connectivity index (χ4n) is 2.76. The summed E-state index contributed by atoms with van der Waals surface area (Å²) in [7, 11) is 0. The molecule has 1 aromatic rings. The van der Waals surface area contributed by atoms with E-state index in [0.29, 0.717) is 0 Å². The van der Waals surface area contributed by atoms with Crippen LogP contribution in [-0.2, 0) is 0 Å². The molecule has 0 aliphatic carbocycles. The van der Waals surface area contributed by atoms with E-state index < -0.39 is 0 Å². The molecule has 3 heteroatoms. The van der Waals surface area contributed by atoms with Crippen molar-refractivity contribution in [2.24, 2.45) is 11.8 Å². The molecule has 80 valence electrons. The van der Waals surface area contributed by atoms with Gasteiger partial charge in [0, 0.05) is 12.6 Å². The maximum atomic E-state index is 5.05. The minimum atomic E-state index is 0.720. The molecule has 3 nitrogen and oxygen atoms in total. The molecule has 1 unspecified atom stereocenters. The average Bonchev–Trinajstić information content (AvgIpc) is 2.81. The lowest BCUT2D eigenvalue weighted by Crippen LogP contribution is -2.46. The number of rotatable bonds is 2. The molecule has 0 amide bonds. The monoisotopic (exact) mass is 204 g/mol. The molecule has 0 radical (unpaired) electrons. The third-order valence-corrected chi connectivity index (χ3v) is 3.67. The van der Waals surface area contributed by atoms with Crippen molar-refractivity contribution in [2.45, 2.75) is 12.8 Å². The number of nitrogens with zero attached hydrogens (tertiary/aromatic N) is 2. The highest BCUT2D eigenvalue weighted by atomic mass is 16.5. The van der Waals surface area contributed by atoms with Gasteiger partial charge in [0.05, 0.1) is 6.20 Å². The molecule has 0 spiro atoms. The molecule has 0 aromatic carbocycles. The summed E-state index contributed by atoms with van der Waals surface area (Å²) in [5.41, 5.74) is 0. The van der Waals surface area contributed by atoms with E-state index in [2.05, 4.69) is 22.2 Å². The maximum Gasteiger partial charge on any atom is 0.159 e. The largest absolute Gasteiger partial charge is 0.357 e. The van der Waals surface area contributed by atoms with Gasteiger partial charge in [0.2, 0.25) is 0 Å². The molecule has 2 bridgehead atoms. The van der Waals surface area contributed by atoms with Gasteiger partial charge in [-0.25, -0.2) is 0 Å². The summed E-state index contributed by atoms with van der Waals surface area (Å²) in [6, 6.07) is 1.90. The highest BCUT2D eigenvalue weighted by molar-refractivity contribution is 5.42. The molecule has 3 fully saturated rings. The molecule has 3 saturated heterocycles. The molecule has 3 aliphatic heterocycles. The summed E-state index contributed by atoms with van der Waals surface area (Å²) in [4.78, 5) is 2.56. The van der Waals surface area contributed by atoms with E-state index in [1.54, 1.807) is 6.20 Å². The van der Waals surface area contributed by atoms with E-state index in [1.807, 2.05) is 6.07 Å². The van der Waals surface area contributed by atoms with E-state index in [-0.39, 0.29) is 0 Å². The summed E-state index contributed by atoms with van der Waals surface area (Å²) in [5.74, 6) is 2.48. The Bertz CT molecular complexity index is 337. The van der Waals surface area contributed by atoms with Crippen molar-refractivity contribution in [3.05, 3.63) is 24.1 Å². The smallest absolute Gasteiger partial charge is 0.159 e. The molecule has 15 heavy (non-hydrogen) atoms. The van der Waals surface area contributed by atoms with E-state index in [4.69, 9.17) is 4.52 Å². The Balaban J connectivity index is 1.68. The topological polar surface area (TPSA) is 29.3 Å². The van der Waals surface area contributed by atoms with Gasteiger partial charge in [-0.05, 0) is 43.8 Å². The first-order valence-corrected chi connectivity index (χ1v) is 5.73. The summed E-state index contributed by atoms with van der Waals surface area (Å²) >= 11 is 0. The van der Waals surface area contributed by atoms with Crippen LogP contribution in [0.3, 0.4) is 0 Å². The first-order valence-electron chi connectivity index (χ1n) is 5.73. The molecular weight excluding hydrogens is 188 g/mol. The van der Waals surface area contributed by atoms with Crippen LogP contribution >= 0.6 is 0 Å². The second-order valence-electron chi connectivity index (χ2n) is 4.58. The van der Waals surface area contributed by atoms with Gasteiger partial charge in [-0.1, -0.05) is 11.2 Å². The zero-order valence-corrected chi connectivity index (χ0v) is 8.80. The predicted molar refractivity (Wildman–Crippen MR) is 58.2 cm³/mol. The fourth-order valence-corrected chi connectivity index (χ4v) is 2.76. The fraction of sp³-hybridized carbons (Fsp3) is 0.583. The highest BCUT2D eigenvalue weighted by Crippen LogP contribution is 2.33. The van der Waals surface area contributed by atoms with Crippen molar-refractivity contribution in [2.75, 3.05) is 19.6 Å². The van der Waals surface area contributed by atoms with Crippen molar-refractivity contribution in [3.63, 3.8) is 0 Å². The van der Waals surface area contributed by atoms with Crippen molar-refractivity contribution in [1.29, 1.82) is 0 Å². The lowest BCUT2D eigenvalue weighted by molar-refractivity contribution is 0.0739. The molecular formula is C12H16N2O. The van der Waals surface area contributed by atoms with Crippen LogP contribution in [0.4, 0.5) is 0 Å². The number of piperidine rings is 3. The van der Waals surface area contributed by atoms with Crippen LogP contribution in [0, 0.1) is 11.8 Å². The Hall–Kier alpha value is -1.09. The number of hydrogen-bond donors (Lipinski definition) is 0. The molecule has 1 aromatic heterocycles. The Kier molecular flexibility index (Phi) is 2.33.